The Morgan fingerprint density at radius 3 is 2.62 bits per heavy atom. The van der Waals surface area contributed by atoms with Gasteiger partial charge in [0.1, 0.15) is 12.1 Å². The van der Waals surface area contributed by atoms with Crippen LogP contribution in [0.5, 0.6) is 0 Å². The Kier molecular flexibility index (Phi) is 3.25. The van der Waals surface area contributed by atoms with Crippen molar-refractivity contribution in [2.24, 2.45) is 5.73 Å². The molecule has 1 aliphatic rings. The van der Waals surface area contributed by atoms with Crippen LogP contribution >= 0.6 is 0 Å². The molecule has 1 saturated carbocycles. The van der Waals surface area contributed by atoms with Crippen LogP contribution in [0.1, 0.15) is 19.3 Å². The van der Waals surface area contributed by atoms with Crippen LogP contribution in [0.25, 0.3) is 0 Å². The monoisotopic (exact) mass is 187 g/mol. The molecule has 5 heteroatoms. The molecule has 2 N–H and O–H groups in total. The predicted octanol–water partition coefficient (Wildman–Crippen LogP) is -0.418. The van der Waals surface area contributed by atoms with E-state index in [9.17, 15) is 9.59 Å². The first-order valence-corrected chi connectivity index (χ1v) is 4.16. The molecule has 0 aliphatic heterocycles. The number of esters is 2. The molecule has 74 valence electrons. The van der Waals surface area contributed by atoms with Gasteiger partial charge in [-0.1, -0.05) is 0 Å². The Bertz CT molecular complexity index is 212. The van der Waals surface area contributed by atoms with Gasteiger partial charge < -0.3 is 15.2 Å². The molecule has 0 aromatic heterocycles. The summed E-state index contributed by atoms with van der Waals surface area (Å²) >= 11 is 0. The molecule has 0 spiro atoms. The van der Waals surface area contributed by atoms with Gasteiger partial charge in [0.15, 0.2) is 0 Å². The fraction of sp³-hybridized carbons (Fsp3) is 0.750. The van der Waals surface area contributed by atoms with E-state index in [1.165, 1.54) is 7.11 Å². The van der Waals surface area contributed by atoms with E-state index in [4.69, 9.17) is 10.5 Å². The van der Waals surface area contributed by atoms with Gasteiger partial charge in [-0.25, -0.2) is 0 Å². The van der Waals surface area contributed by atoms with E-state index in [1.807, 2.05) is 0 Å². The van der Waals surface area contributed by atoms with Gasteiger partial charge in [-0.3, -0.25) is 9.59 Å². The number of carbonyl (C=O) groups is 2. The third-order valence-corrected chi connectivity index (χ3v) is 1.71. The average Bonchev–Trinajstić information content (AvgIpc) is 2.86. The molecule has 0 unspecified atom stereocenters. The van der Waals surface area contributed by atoms with Crippen LogP contribution in [0.4, 0.5) is 0 Å². The zero-order chi connectivity index (χ0) is 9.84. The zero-order valence-corrected chi connectivity index (χ0v) is 7.49. The highest BCUT2D eigenvalue weighted by Crippen LogP contribution is 2.23. The van der Waals surface area contributed by atoms with Crippen molar-refractivity contribution in [3.8, 4) is 0 Å². The summed E-state index contributed by atoms with van der Waals surface area (Å²) in [7, 11) is 1.23. The maximum absolute atomic E-state index is 11.0. The number of hydrogen-bond acceptors (Lipinski definition) is 5. The van der Waals surface area contributed by atoms with Crippen molar-refractivity contribution in [3.05, 3.63) is 0 Å². The van der Waals surface area contributed by atoms with Crippen LogP contribution in [0.3, 0.4) is 0 Å². The van der Waals surface area contributed by atoms with Gasteiger partial charge in [0.2, 0.25) is 0 Å². The maximum atomic E-state index is 11.0. The molecular formula is C8H13NO4. The number of hydrogen-bond donors (Lipinski definition) is 1. The van der Waals surface area contributed by atoms with Crippen LogP contribution in [-0.4, -0.2) is 31.2 Å². The SMILES string of the molecule is COC(=O)[C@@H](N)CC(=O)OC1CC1. The second kappa shape index (κ2) is 4.23. The highest BCUT2D eigenvalue weighted by atomic mass is 16.5. The molecule has 1 atom stereocenters. The minimum Gasteiger partial charge on any atom is -0.468 e. The largest absolute Gasteiger partial charge is 0.468 e. The minimum atomic E-state index is -0.906. The van der Waals surface area contributed by atoms with Gasteiger partial charge >= 0.3 is 11.9 Å². The number of carbonyl (C=O) groups excluding carboxylic acids is 2. The van der Waals surface area contributed by atoms with Crippen LogP contribution in [0.15, 0.2) is 0 Å². The molecule has 1 fully saturated rings. The first kappa shape index (κ1) is 9.98. The van der Waals surface area contributed by atoms with E-state index in [1.54, 1.807) is 0 Å². The number of methoxy groups -OCH3 is 1. The van der Waals surface area contributed by atoms with E-state index in [2.05, 4.69) is 4.74 Å². The van der Waals surface area contributed by atoms with Crippen LogP contribution in [0.2, 0.25) is 0 Å². The Labute approximate surface area is 76.2 Å². The number of ether oxygens (including phenoxy) is 2. The van der Waals surface area contributed by atoms with Gasteiger partial charge in [-0.15, -0.1) is 0 Å². The fourth-order valence-corrected chi connectivity index (χ4v) is 0.834. The number of rotatable bonds is 4. The summed E-state index contributed by atoms with van der Waals surface area (Å²) in [5, 5.41) is 0. The summed E-state index contributed by atoms with van der Waals surface area (Å²) in [6.07, 6.45) is 1.78. The van der Waals surface area contributed by atoms with Crippen molar-refractivity contribution >= 4 is 11.9 Å². The topological polar surface area (TPSA) is 78.6 Å². The van der Waals surface area contributed by atoms with Gasteiger partial charge in [-0.05, 0) is 12.8 Å². The minimum absolute atomic E-state index is 0.0531. The Morgan fingerprint density at radius 1 is 1.54 bits per heavy atom. The average molecular weight is 187 g/mol. The lowest BCUT2D eigenvalue weighted by molar-refractivity contribution is -0.151. The molecule has 0 aromatic rings. The molecule has 13 heavy (non-hydrogen) atoms. The Hall–Kier alpha value is -1.10. The van der Waals surface area contributed by atoms with E-state index < -0.39 is 18.0 Å². The van der Waals surface area contributed by atoms with Crippen LogP contribution in [-0.2, 0) is 19.1 Å². The van der Waals surface area contributed by atoms with Crippen molar-refractivity contribution in [1.29, 1.82) is 0 Å². The fourth-order valence-electron chi connectivity index (χ4n) is 0.834. The molecule has 0 saturated heterocycles. The van der Waals surface area contributed by atoms with E-state index in [0.29, 0.717) is 0 Å². The summed E-state index contributed by atoms with van der Waals surface area (Å²) in [5.41, 5.74) is 5.35. The van der Waals surface area contributed by atoms with Crippen molar-refractivity contribution in [2.45, 2.75) is 31.4 Å². The highest BCUT2D eigenvalue weighted by Gasteiger charge is 2.27. The number of nitrogens with two attached hydrogens (primary N) is 1. The molecule has 0 radical (unpaired) electrons. The lowest BCUT2D eigenvalue weighted by atomic mass is 10.2. The van der Waals surface area contributed by atoms with Crippen molar-refractivity contribution < 1.29 is 19.1 Å². The smallest absolute Gasteiger partial charge is 0.323 e. The molecule has 5 nitrogen and oxygen atoms in total. The van der Waals surface area contributed by atoms with Gasteiger partial charge in [-0.2, -0.15) is 0 Å². The first-order chi connectivity index (χ1) is 6.13. The normalized spacial score (nSPS) is 17.7. The third kappa shape index (κ3) is 3.42. The second-order valence-electron chi connectivity index (χ2n) is 3.02. The highest BCUT2D eigenvalue weighted by molar-refractivity contribution is 5.82. The Morgan fingerprint density at radius 2 is 2.15 bits per heavy atom. The summed E-state index contributed by atoms with van der Waals surface area (Å²) in [4.78, 5) is 21.8. The molecule has 0 heterocycles. The van der Waals surface area contributed by atoms with Crippen molar-refractivity contribution in [3.63, 3.8) is 0 Å². The lowest BCUT2D eigenvalue weighted by Crippen LogP contribution is -2.34. The van der Waals surface area contributed by atoms with Gasteiger partial charge in [0.05, 0.1) is 13.5 Å². The van der Waals surface area contributed by atoms with E-state index in [0.717, 1.165) is 12.8 Å². The predicted molar refractivity (Wildman–Crippen MR) is 43.7 cm³/mol. The maximum Gasteiger partial charge on any atom is 0.323 e. The van der Waals surface area contributed by atoms with E-state index >= 15 is 0 Å². The van der Waals surface area contributed by atoms with Crippen LogP contribution < -0.4 is 5.73 Å². The molecule has 0 amide bonds. The summed E-state index contributed by atoms with van der Waals surface area (Å²) in [6.45, 7) is 0. The zero-order valence-electron chi connectivity index (χ0n) is 7.49. The Balaban J connectivity index is 2.21. The lowest BCUT2D eigenvalue weighted by Gasteiger charge is -2.08. The summed E-state index contributed by atoms with van der Waals surface area (Å²) < 4.78 is 9.26. The molecular weight excluding hydrogens is 174 g/mol. The second-order valence-corrected chi connectivity index (χ2v) is 3.02. The van der Waals surface area contributed by atoms with Crippen molar-refractivity contribution in [1.82, 2.24) is 0 Å². The summed E-state index contributed by atoms with van der Waals surface area (Å²) in [6, 6.07) is -0.906. The molecule has 0 aromatic carbocycles. The van der Waals surface area contributed by atoms with Crippen molar-refractivity contribution in [2.75, 3.05) is 7.11 Å². The van der Waals surface area contributed by atoms with Gasteiger partial charge in [0.25, 0.3) is 0 Å². The van der Waals surface area contributed by atoms with Gasteiger partial charge in [0, 0.05) is 0 Å². The van der Waals surface area contributed by atoms with E-state index in [-0.39, 0.29) is 12.5 Å². The molecule has 1 aliphatic carbocycles. The molecule has 1 rings (SSSR count). The third-order valence-electron chi connectivity index (χ3n) is 1.71. The standard InChI is InChI=1S/C8H13NO4/c1-12-8(11)6(9)4-7(10)13-5-2-3-5/h5-6H,2-4,9H2,1H3/t6-/m0/s1. The molecule has 0 bridgehead atoms. The van der Waals surface area contributed by atoms with Crippen LogP contribution in [0, 0.1) is 0 Å². The summed E-state index contributed by atoms with van der Waals surface area (Å²) in [5.74, 6) is -1.02. The quantitative estimate of drug-likeness (QED) is 0.605. The first-order valence-electron chi connectivity index (χ1n) is 4.16.